The van der Waals surface area contributed by atoms with E-state index in [1.165, 1.54) is 6.07 Å². The first-order valence-corrected chi connectivity index (χ1v) is 8.18. The molecule has 1 saturated carbocycles. The van der Waals surface area contributed by atoms with E-state index >= 15 is 0 Å². The Hall–Kier alpha value is -1.65. The molecule has 4 N–H and O–H groups in total. The van der Waals surface area contributed by atoms with Crippen LogP contribution in [0.1, 0.15) is 12.8 Å². The van der Waals surface area contributed by atoms with Crippen LogP contribution < -0.4 is 11.1 Å². The number of carbonyl (C=O) groups is 1. The van der Waals surface area contributed by atoms with Gasteiger partial charge in [-0.1, -0.05) is 6.07 Å². The Kier molecular flexibility index (Phi) is 4.69. The highest BCUT2D eigenvalue weighted by Gasteiger charge is 2.47. The Morgan fingerprint density at radius 1 is 1.30 bits per heavy atom. The average Bonchev–Trinajstić information content (AvgIpc) is 2.78. The number of nitrogens with two attached hydrogens (primary N) is 1. The lowest BCUT2D eigenvalue weighted by molar-refractivity contribution is -0.120. The molecule has 3 atom stereocenters. The first-order chi connectivity index (χ1) is 10.5. The van der Waals surface area contributed by atoms with Crippen molar-refractivity contribution < 1.29 is 31.5 Å². The van der Waals surface area contributed by atoms with Gasteiger partial charge in [-0.25, -0.2) is 8.42 Å². The molecule has 0 aliphatic heterocycles. The first kappa shape index (κ1) is 17.7. The zero-order valence-electron chi connectivity index (χ0n) is 11.7. The molecule has 0 radical (unpaired) electrons. The molecule has 1 aliphatic carbocycles. The number of nitrogens with one attached hydrogen (secondary N) is 1. The zero-order valence-corrected chi connectivity index (χ0v) is 12.6. The van der Waals surface area contributed by atoms with Crippen LogP contribution in [0.4, 0.5) is 18.9 Å². The number of hydrogen-bond donors (Lipinski definition) is 3. The van der Waals surface area contributed by atoms with Crippen molar-refractivity contribution in [2.24, 2.45) is 11.7 Å². The molecule has 23 heavy (non-hydrogen) atoms. The van der Waals surface area contributed by atoms with E-state index in [9.17, 15) is 31.5 Å². The van der Waals surface area contributed by atoms with Gasteiger partial charge >= 0.3 is 5.51 Å². The summed E-state index contributed by atoms with van der Waals surface area (Å²) in [6.45, 7) is 0. The third-order valence-electron chi connectivity index (χ3n) is 3.74. The van der Waals surface area contributed by atoms with Gasteiger partial charge in [-0.15, -0.1) is 0 Å². The van der Waals surface area contributed by atoms with Crippen LogP contribution in [-0.4, -0.2) is 37.1 Å². The van der Waals surface area contributed by atoms with Crippen LogP contribution in [0.2, 0.25) is 0 Å². The molecule has 10 heteroatoms. The van der Waals surface area contributed by atoms with E-state index in [1.807, 2.05) is 0 Å². The maximum absolute atomic E-state index is 12.5. The number of alkyl halides is 3. The van der Waals surface area contributed by atoms with Crippen molar-refractivity contribution in [3.63, 3.8) is 0 Å². The molecule has 1 amide bonds. The Morgan fingerprint density at radius 2 is 1.96 bits per heavy atom. The second-order valence-electron chi connectivity index (χ2n) is 5.29. The Morgan fingerprint density at radius 3 is 2.48 bits per heavy atom. The number of anilines is 1. The predicted octanol–water partition coefficient (Wildman–Crippen LogP) is 1.02. The molecule has 2 rings (SSSR count). The maximum Gasteiger partial charge on any atom is 0.501 e. The van der Waals surface area contributed by atoms with Gasteiger partial charge in [0.15, 0.2) is 0 Å². The second kappa shape index (κ2) is 6.10. The fourth-order valence-electron chi connectivity index (χ4n) is 2.42. The van der Waals surface area contributed by atoms with Crippen LogP contribution in [0.5, 0.6) is 0 Å². The van der Waals surface area contributed by atoms with E-state index in [2.05, 4.69) is 5.32 Å². The van der Waals surface area contributed by atoms with Gasteiger partial charge in [0.1, 0.15) is 0 Å². The van der Waals surface area contributed by atoms with E-state index < -0.39 is 44.2 Å². The van der Waals surface area contributed by atoms with Crippen LogP contribution in [0.15, 0.2) is 29.2 Å². The van der Waals surface area contributed by atoms with Gasteiger partial charge in [0, 0.05) is 11.7 Å². The second-order valence-corrected chi connectivity index (χ2v) is 7.24. The van der Waals surface area contributed by atoms with E-state index in [0.717, 1.165) is 18.2 Å². The van der Waals surface area contributed by atoms with Crippen molar-refractivity contribution in [2.45, 2.75) is 35.4 Å². The number of hydrogen-bond acceptors (Lipinski definition) is 5. The lowest BCUT2D eigenvalue weighted by atomic mass is 10.0. The molecule has 1 aromatic carbocycles. The SMILES string of the molecule is N[C@@H]1[C@H](O)CC[C@@H]1C(=O)Nc1cccc(S(=O)(=O)C(F)(F)F)c1. The van der Waals surface area contributed by atoms with Crippen LogP contribution in [0.3, 0.4) is 0 Å². The smallest absolute Gasteiger partial charge is 0.391 e. The minimum atomic E-state index is -5.49. The summed E-state index contributed by atoms with van der Waals surface area (Å²) in [6.07, 6.45) is -0.126. The van der Waals surface area contributed by atoms with Gasteiger partial charge in [-0.05, 0) is 31.0 Å². The summed E-state index contributed by atoms with van der Waals surface area (Å²) in [5.41, 5.74) is 0.166. The molecule has 0 saturated heterocycles. The van der Waals surface area contributed by atoms with E-state index in [1.54, 1.807) is 0 Å². The molecule has 0 bridgehead atoms. The molecule has 128 valence electrons. The van der Waals surface area contributed by atoms with Gasteiger partial charge < -0.3 is 16.2 Å². The topological polar surface area (TPSA) is 109 Å². The summed E-state index contributed by atoms with van der Waals surface area (Å²) in [4.78, 5) is 11.1. The van der Waals surface area contributed by atoms with Crippen LogP contribution in [0, 0.1) is 5.92 Å². The Labute approximate surface area is 130 Å². The van der Waals surface area contributed by atoms with Gasteiger partial charge in [-0.3, -0.25) is 4.79 Å². The van der Waals surface area contributed by atoms with Gasteiger partial charge in [0.25, 0.3) is 9.84 Å². The van der Waals surface area contributed by atoms with Crippen LogP contribution in [-0.2, 0) is 14.6 Å². The third-order valence-corrected chi connectivity index (χ3v) is 5.22. The Balaban J connectivity index is 2.20. The number of sulfone groups is 1. The lowest BCUT2D eigenvalue weighted by Crippen LogP contribution is -2.40. The fraction of sp³-hybridized carbons (Fsp3) is 0.462. The molecule has 1 aliphatic rings. The minimum Gasteiger partial charge on any atom is -0.391 e. The van der Waals surface area contributed by atoms with Crippen molar-refractivity contribution in [1.29, 1.82) is 0 Å². The summed E-state index contributed by atoms with van der Waals surface area (Å²) in [6, 6.07) is 3.13. The molecule has 1 aromatic rings. The summed E-state index contributed by atoms with van der Waals surface area (Å²) >= 11 is 0. The van der Waals surface area contributed by atoms with Crippen LogP contribution >= 0.6 is 0 Å². The van der Waals surface area contributed by atoms with E-state index in [-0.39, 0.29) is 5.69 Å². The monoisotopic (exact) mass is 352 g/mol. The number of carbonyl (C=O) groups excluding carboxylic acids is 1. The van der Waals surface area contributed by atoms with Crippen molar-refractivity contribution >= 4 is 21.4 Å². The summed E-state index contributed by atoms with van der Waals surface area (Å²) < 4.78 is 60.3. The maximum atomic E-state index is 12.5. The first-order valence-electron chi connectivity index (χ1n) is 6.70. The number of halogens is 3. The summed E-state index contributed by atoms with van der Waals surface area (Å²) in [7, 11) is -5.49. The Bertz CT molecular complexity index is 705. The normalized spacial score (nSPS) is 25.3. The molecule has 0 spiro atoms. The van der Waals surface area contributed by atoms with Crippen molar-refractivity contribution in [1.82, 2.24) is 0 Å². The highest BCUT2D eigenvalue weighted by Crippen LogP contribution is 2.32. The highest BCUT2D eigenvalue weighted by atomic mass is 32.2. The zero-order chi connectivity index (χ0) is 17.4. The number of aliphatic hydroxyl groups is 1. The lowest BCUT2D eigenvalue weighted by Gasteiger charge is -2.17. The van der Waals surface area contributed by atoms with Gasteiger partial charge in [0.05, 0.1) is 16.9 Å². The third kappa shape index (κ3) is 3.48. The summed E-state index contributed by atoms with van der Waals surface area (Å²) in [5.74, 6) is -1.26. The summed E-state index contributed by atoms with van der Waals surface area (Å²) in [5, 5.41) is 11.9. The standard InChI is InChI=1S/C13H15F3N2O4S/c14-13(15,16)23(21,22)8-3-1-2-7(6-8)18-12(20)9-4-5-10(19)11(9)17/h1-3,6,9-11,19H,4-5,17H2,(H,18,20)/t9-,10+,11-/m0/s1. The number of amides is 1. The molecule has 1 fully saturated rings. The van der Waals surface area contributed by atoms with E-state index in [4.69, 9.17) is 5.73 Å². The molecular weight excluding hydrogens is 337 g/mol. The predicted molar refractivity (Wildman–Crippen MR) is 75.0 cm³/mol. The molecular formula is C13H15F3N2O4S. The number of benzene rings is 1. The molecule has 0 heterocycles. The van der Waals surface area contributed by atoms with Crippen molar-refractivity contribution in [3.05, 3.63) is 24.3 Å². The van der Waals surface area contributed by atoms with Gasteiger partial charge in [0.2, 0.25) is 5.91 Å². The van der Waals surface area contributed by atoms with E-state index in [0.29, 0.717) is 12.8 Å². The molecule has 6 nitrogen and oxygen atoms in total. The number of rotatable bonds is 3. The van der Waals surface area contributed by atoms with Gasteiger partial charge in [-0.2, -0.15) is 13.2 Å². The quantitative estimate of drug-likeness (QED) is 0.752. The average molecular weight is 352 g/mol. The van der Waals surface area contributed by atoms with Crippen molar-refractivity contribution in [2.75, 3.05) is 5.32 Å². The largest absolute Gasteiger partial charge is 0.501 e. The fourth-order valence-corrected chi connectivity index (χ4v) is 3.23. The van der Waals surface area contributed by atoms with Crippen LogP contribution in [0.25, 0.3) is 0 Å². The molecule has 0 aromatic heterocycles. The minimum absolute atomic E-state index is 0.0890. The molecule has 0 unspecified atom stereocenters. The van der Waals surface area contributed by atoms with Crippen molar-refractivity contribution in [3.8, 4) is 0 Å². The number of aliphatic hydroxyl groups excluding tert-OH is 1. The highest BCUT2D eigenvalue weighted by molar-refractivity contribution is 7.92.